The molecule has 1 aliphatic heterocycles. The van der Waals surface area contributed by atoms with Crippen molar-refractivity contribution in [3.05, 3.63) is 34.9 Å². The summed E-state index contributed by atoms with van der Waals surface area (Å²) in [5, 5.41) is 3.24. The topological polar surface area (TPSA) is 64.6 Å². The molecule has 1 amide bonds. The minimum Gasteiger partial charge on any atom is -0.467 e. The molecular formula is C15H18ClNO4. The molecule has 0 aliphatic carbocycles. The van der Waals surface area contributed by atoms with Crippen molar-refractivity contribution < 1.29 is 19.1 Å². The Kier molecular flexibility index (Phi) is 5.59. The van der Waals surface area contributed by atoms with Gasteiger partial charge in [0.15, 0.2) is 0 Å². The lowest BCUT2D eigenvalue weighted by molar-refractivity contribution is -0.146. The van der Waals surface area contributed by atoms with Crippen LogP contribution in [0.1, 0.15) is 18.4 Å². The molecule has 0 spiro atoms. The third-order valence-electron chi connectivity index (χ3n) is 3.41. The molecule has 2 atom stereocenters. The van der Waals surface area contributed by atoms with Gasteiger partial charge in [-0.05, 0) is 24.5 Å². The maximum atomic E-state index is 12.1. The highest BCUT2D eigenvalue weighted by Gasteiger charge is 2.29. The van der Waals surface area contributed by atoms with Crippen molar-refractivity contribution in [1.82, 2.24) is 5.32 Å². The number of amides is 1. The molecule has 1 aromatic rings. The molecule has 0 unspecified atom stereocenters. The molecule has 0 saturated carbocycles. The van der Waals surface area contributed by atoms with Crippen LogP contribution in [-0.2, 0) is 25.5 Å². The van der Waals surface area contributed by atoms with E-state index in [1.807, 2.05) is 18.2 Å². The summed E-state index contributed by atoms with van der Waals surface area (Å²) in [6.45, 7) is 0.575. The number of halogens is 1. The molecule has 1 fully saturated rings. The summed E-state index contributed by atoms with van der Waals surface area (Å²) in [5.74, 6) is -0.781. The van der Waals surface area contributed by atoms with E-state index in [1.54, 1.807) is 6.07 Å². The third kappa shape index (κ3) is 4.19. The van der Waals surface area contributed by atoms with Crippen molar-refractivity contribution in [2.24, 2.45) is 0 Å². The van der Waals surface area contributed by atoms with E-state index in [-0.39, 0.29) is 12.3 Å². The molecule has 2 rings (SSSR count). The summed E-state index contributed by atoms with van der Waals surface area (Å²) in [7, 11) is 1.29. The van der Waals surface area contributed by atoms with Gasteiger partial charge in [0.25, 0.3) is 0 Å². The van der Waals surface area contributed by atoms with Gasteiger partial charge in [-0.1, -0.05) is 29.8 Å². The van der Waals surface area contributed by atoms with Gasteiger partial charge in [0, 0.05) is 18.1 Å². The average Bonchev–Trinajstić information content (AvgIpc) is 3.02. The number of ether oxygens (including phenoxy) is 2. The summed E-state index contributed by atoms with van der Waals surface area (Å²) in [4.78, 5) is 23.9. The van der Waals surface area contributed by atoms with Gasteiger partial charge in [0.2, 0.25) is 5.91 Å². The molecule has 0 bridgehead atoms. The number of esters is 1. The summed E-state index contributed by atoms with van der Waals surface area (Å²) in [6, 6.07) is 6.43. The number of hydrogen-bond acceptors (Lipinski definition) is 4. The van der Waals surface area contributed by atoms with Gasteiger partial charge in [-0.3, -0.25) is 4.79 Å². The van der Waals surface area contributed by atoms with Crippen LogP contribution < -0.4 is 5.32 Å². The van der Waals surface area contributed by atoms with E-state index in [0.717, 1.165) is 12.0 Å². The van der Waals surface area contributed by atoms with Crippen molar-refractivity contribution in [3.63, 3.8) is 0 Å². The molecule has 1 N–H and O–H groups in total. The molecule has 1 aliphatic rings. The second-order valence-corrected chi connectivity index (χ2v) is 5.29. The maximum absolute atomic E-state index is 12.1. The number of carbonyl (C=O) groups is 2. The normalized spacial score (nSPS) is 19.0. The maximum Gasteiger partial charge on any atom is 0.328 e. The summed E-state index contributed by atoms with van der Waals surface area (Å²) < 4.78 is 10.1. The fourth-order valence-electron chi connectivity index (χ4n) is 2.27. The first-order valence-electron chi connectivity index (χ1n) is 6.85. The van der Waals surface area contributed by atoms with E-state index in [0.29, 0.717) is 18.1 Å². The van der Waals surface area contributed by atoms with Crippen LogP contribution in [0.25, 0.3) is 0 Å². The number of benzene rings is 1. The Hall–Kier alpha value is -1.59. The van der Waals surface area contributed by atoms with Crippen molar-refractivity contribution >= 4 is 23.5 Å². The second-order valence-electron chi connectivity index (χ2n) is 4.88. The van der Waals surface area contributed by atoms with Crippen molar-refractivity contribution in [3.8, 4) is 0 Å². The van der Waals surface area contributed by atoms with E-state index in [2.05, 4.69) is 5.32 Å². The quantitative estimate of drug-likeness (QED) is 0.841. The Balaban J connectivity index is 2.06. The first kappa shape index (κ1) is 15.8. The molecule has 5 nitrogen and oxygen atoms in total. The smallest absolute Gasteiger partial charge is 0.328 e. The lowest BCUT2D eigenvalue weighted by Gasteiger charge is -2.19. The van der Waals surface area contributed by atoms with Crippen molar-refractivity contribution in [2.75, 3.05) is 13.7 Å². The summed E-state index contributed by atoms with van der Waals surface area (Å²) in [5.41, 5.74) is 0.780. The molecule has 6 heteroatoms. The van der Waals surface area contributed by atoms with Crippen LogP contribution in [0.2, 0.25) is 5.02 Å². The number of methoxy groups -OCH3 is 1. The van der Waals surface area contributed by atoms with Crippen LogP contribution in [0.5, 0.6) is 0 Å². The Labute approximate surface area is 128 Å². The van der Waals surface area contributed by atoms with Gasteiger partial charge in [0.1, 0.15) is 12.1 Å². The molecule has 0 aromatic heterocycles. The first-order chi connectivity index (χ1) is 10.1. The lowest BCUT2D eigenvalue weighted by atomic mass is 10.1. The van der Waals surface area contributed by atoms with Gasteiger partial charge in [-0.15, -0.1) is 0 Å². The predicted octanol–water partition coefficient (Wildman–Crippen LogP) is 1.72. The lowest BCUT2D eigenvalue weighted by Crippen LogP contribution is -2.47. The van der Waals surface area contributed by atoms with E-state index in [4.69, 9.17) is 21.1 Å². The van der Waals surface area contributed by atoms with Gasteiger partial charge in [-0.2, -0.15) is 0 Å². The highest BCUT2D eigenvalue weighted by molar-refractivity contribution is 6.31. The van der Waals surface area contributed by atoms with Gasteiger partial charge >= 0.3 is 5.97 Å². The van der Waals surface area contributed by atoms with Crippen LogP contribution in [0, 0.1) is 0 Å². The minimum atomic E-state index is -0.772. The molecule has 21 heavy (non-hydrogen) atoms. The zero-order chi connectivity index (χ0) is 15.2. The monoisotopic (exact) mass is 311 g/mol. The molecular weight excluding hydrogens is 294 g/mol. The molecule has 114 valence electrons. The first-order valence-corrected chi connectivity index (χ1v) is 7.23. The Morgan fingerprint density at radius 1 is 1.48 bits per heavy atom. The van der Waals surface area contributed by atoms with Crippen LogP contribution in [0.15, 0.2) is 24.3 Å². The number of hydrogen-bond donors (Lipinski definition) is 1. The predicted molar refractivity (Wildman–Crippen MR) is 78.1 cm³/mol. The molecule has 1 heterocycles. The van der Waals surface area contributed by atoms with Gasteiger partial charge < -0.3 is 14.8 Å². The zero-order valence-corrected chi connectivity index (χ0v) is 12.6. The van der Waals surface area contributed by atoms with Crippen LogP contribution in [-0.4, -0.2) is 37.7 Å². The van der Waals surface area contributed by atoms with E-state index < -0.39 is 18.1 Å². The van der Waals surface area contributed by atoms with E-state index >= 15 is 0 Å². The van der Waals surface area contributed by atoms with E-state index in [9.17, 15) is 9.59 Å². The highest BCUT2D eigenvalue weighted by atomic mass is 35.5. The SMILES string of the molecule is COC(=O)[C@@H](Cc1ccccc1Cl)NC(=O)[C@@H]1CCCO1. The minimum absolute atomic E-state index is 0.282. The Morgan fingerprint density at radius 3 is 2.86 bits per heavy atom. The standard InChI is InChI=1S/C15H18ClNO4/c1-20-15(19)12(9-10-5-2-3-6-11(10)16)17-14(18)13-7-4-8-21-13/h2-3,5-6,12-13H,4,7-9H2,1H3,(H,17,18)/t12-,13+/m1/s1. The Bertz CT molecular complexity index is 514. The van der Waals surface area contributed by atoms with Crippen LogP contribution in [0.4, 0.5) is 0 Å². The average molecular weight is 312 g/mol. The molecule has 0 radical (unpaired) electrons. The van der Waals surface area contributed by atoms with Crippen LogP contribution in [0.3, 0.4) is 0 Å². The summed E-state index contributed by atoms with van der Waals surface area (Å²) >= 11 is 6.09. The Morgan fingerprint density at radius 2 is 2.24 bits per heavy atom. The fraction of sp³-hybridized carbons (Fsp3) is 0.467. The van der Waals surface area contributed by atoms with Gasteiger partial charge in [-0.25, -0.2) is 4.79 Å². The molecule has 1 aromatic carbocycles. The summed E-state index contributed by atoms with van der Waals surface area (Å²) in [6.07, 6.45) is 1.32. The van der Waals surface area contributed by atoms with Crippen molar-refractivity contribution in [2.45, 2.75) is 31.4 Å². The number of rotatable bonds is 5. The fourth-order valence-corrected chi connectivity index (χ4v) is 2.48. The second kappa shape index (κ2) is 7.43. The zero-order valence-electron chi connectivity index (χ0n) is 11.8. The van der Waals surface area contributed by atoms with Crippen molar-refractivity contribution in [1.29, 1.82) is 0 Å². The largest absolute Gasteiger partial charge is 0.467 e. The number of carbonyl (C=O) groups excluding carboxylic acids is 2. The highest BCUT2D eigenvalue weighted by Crippen LogP contribution is 2.18. The van der Waals surface area contributed by atoms with Crippen LogP contribution >= 0.6 is 11.6 Å². The molecule has 1 saturated heterocycles. The van der Waals surface area contributed by atoms with Gasteiger partial charge in [0.05, 0.1) is 7.11 Å². The van der Waals surface area contributed by atoms with E-state index in [1.165, 1.54) is 7.11 Å². The number of nitrogens with one attached hydrogen (secondary N) is 1. The third-order valence-corrected chi connectivity index (χ3v) is 3.77.